The minimum atomic E-state index is -0.355. The predicted molar refractivity (Wildman–Crippen MR) is 154 cm³/mol. The molecule has 10 heteroatoms. The average molecular weight is 543 g/mol. The van der Waals surface area contributed by atoms with E-state index in [1.807, 2.05) is 43.3 Å². The Morgan fingerprint density at radius 1 is 1.05 bits per heavy atom. The molecule has 1 aliphatic rings. The van der Waals surface area contributed by atoms with Gasteiger partial charge in [0.25, 0.3) is 11.5 Å². The quantitative estimate of drug-likeness (QED) is 0.174. The van der Waals surface area contributed by atoms with E-state index in [0.717, 1.165) is 35.2 Å². The summed E-state index contributed by atoms with van der Waals surface area (Å²) in [5.41, 5.74) is 5.16. The molecule has 1 fully saturated rings. The van der Waals surface area contributed by atoms with Gasteiger partial charge in [0.05, 0.1) is 25.5 Å². The van der Waals surface area contributed by atoms with E-state index in [0.29, 0.717) is 47.6 Å². The lowest BCUT2D eigenvalue weighted by Crippen LogP contribution is -2.25. The third-order valence-corrected chi connectivity index (χ3v) is 7.09. The number of aliphatic hydroxyl groups is 1. The highest BCUT2D eigenvalue weighted by atomic mass is 16.5. The van der Waals surface area contributed by atoms with Crippen molar-refractivity contribution in [2.24, 2.45) is 0 Å². The summed E-state index contributed by atoms with van der Waals surface area (Å²) in [6, 6.07) is 16.7. The summed E-state index contributed by atoms with van der Waals surface area (Å²) < 4.78 is 5.51. The molecule has 1 aliphatic carbocycles. The predicted octanol–water partition coefficient (Wildman–Crippen LogP) is 4.63. The standard InChI is InChI=1S/C30H34N6O4/c1-18-4-5-21(24-15-26(29(39)36-34-24)31-27-16-25(33-35-27)19-6-7-19)14-23(18)32-28(38)20-8-10-22(11-9-20)30(2,3)17-40-13-12-37/h4-5,8-11,14-16,19,37H,6-7,12-13,17H2,1-3H3,(H,32,38)(H,36,39)(H2,31,33,34,35). The largest absolute Gasteiger partial charge is 0.394 e. The molecule has 0 spiro atoms. The molecule has 0 bridgehead atoms. The summed E-state index contributed by atoms with van der Waals surface area (Å²) in [5.74, 6) is 0.869. The Morgan fingerprint density at radius 3 is 2.55 bits per heavy atom. The van der Waals surface area contributed by atoms with Crippen molar-refractivity contribution in [1.82, 2.24) is 20.4 Å². The van der Waals surface area contributed by atoms with Crippen molar-refractivity contribution in [2.75, 3.05) is 30.5 Å². The smallest absolute Gasteiger partial charge is 0.287 e. The number of hydrogen-bond donors (Lipinski definition) is 5. The Hall–Kier alpha value is -4.28. The number of amides is 1. The topological polar surface area (TPSA) is 145 Å². The van der Waals surface area contributed by atoms with Gasteiger partial charge in [-0.2, -0.15) is 10.2 Å². The maximum atomic E-state index is 13.1. The van der Waals surface area contributed by atoms with Gasteiger partial charge in [-0.05, 0) is 55.2 Å². The van der Waals surface area contributed by atoms with Gasteiger partial charge in [0.15, 0.2) is 5.82 Å². The second kappa shape index (κ2) is 11.4. The summed E-state index contributed by atoms with van der Waals surface area (Å²) in [4.78, 5) is 25.5. The molecule has 5 rings (SSSR count). The highest BCUT2D eigenvalue weighted by molar-refractivity contribution is 6.05. The number of anilines is 3. The van der Waals surface area contributed by atoms with Crippen LogP contribution in [0.5, 0.6) is 0 Å². The number of H-pyrrole nitrogens is 2. The maximum absolute atomic E-state index is 13.1. The Balaban J connectivity index is 1.30. The highest BCUT2D eigenvalue weighted by Gasteiger charge is 2.25. The van der Waals surface area contributed by atoms with Crippen molar-refractivity contribution < 1.29 is 14.6 Å². The highest BCUT2D eigenvalue weighted by Crippen LogP contribution is 2.39. The summed E-state index contributed by atoms with van der Waals surface area (Å²) in [6.07, 6.45) is 2.30. The molecule has 4 aromatic rings. The molecule has 0 atom stereocenters. The Labute approximate surface area is 232 Å². The number of hydrogen-bond acceptors (Lipinski definition) is 7. The number of aromatic amines is 2. The van der Waals surface area contributed by atoms with Gasteiger partial charge in [0, 0.05) is 39.9 Å². The number of ether oxygens (including phenoxy) is 1. The first-order valence-electron chi connectivity index (χ1n) is 13.4. The second-order valence-corrected chi connectivity index (χ2v) is 10.8. The van der Waals surface area contributed by atoms with Crippen LogP contribution in [-0.4, -0.2) is 51.2 Å². The van der Waals surface area contributed by atoms with Gasteiger partial charge in [-0.25, -0.2) is 5.10 Å². The van der Waals surface area contributed by atoms with Gasteiger partial charge in [0.2, 0.25) is 0 Å². The van der Waals surface area contributed by atoms with Gasteiger partial charge >= 0.3 is 0 Å². The van der Waals surface area contributed by atoms with Gasteiger partial charge in [0.1, 0.15) is 5.69 Å². The molecular weight excluding hydrogens is 508 g/mol. The van der Waals surface area contributed by atoms with E-state index in [1.54, 1.807) is 18.2 Å². The molecule has 1 amide bonds. The number of carbonyl (C=O) groups is 1. The SMILES string of the molecule is Cc1ccc(-c2cc(Nc3cc(C4CC4)[nH]n3)c(=O)[nH]n2)cc1NC(=O)c1ccc(C(C)(C)COCCO)cc1. The van der Waals surface area contributed by atoms with E-state index in [9.17, 15) is 9.59 Å². The van der Waals surface area contributed by atoms with E-state index in [-0.39, 0.29) is 23.5 Å². The number of benzene rings is 2. The fourth-order valence-electron chi connectivity index (χ4n) is 4.45. The van der Waals surface area contributed by atoms with Crippen molar-refractivity contribution in [1.29, 1.82) is 0 Å². The van der Waals surface area contributed by atoms with E-state index >= 15 is 0 Å². The molecule has 10 nitrogen and oxygen atoms in total. The van der Waals surface area contributed by atoms with Crippen molar-refractivity contribution in [3.05, 3.63) is 87.3 Å². The first-order valence-corrected chi connectivity index (χ1v) is 13.4. The zero-order valence-corrected chi connectivity index (χ0v) is 22.9. The molecule has 2 aromatic carbocycles. The number of nitrogens with one attached hydrogen (secondary N) is 4. The molecule has 0 saturated heterocycles. The Morgan fingerprint density at radius 2 is 1.82 bits per heavy atom. The van der Waals surface area contributed by atoms with Crippen LogP contribution in [0.3, 0.4) is 0 Å². The minimum Gasteiger partial charge on any atom is -0.394 e. The zero-order valence-electron chi connectivity index (χ0n) is 22.9. The third-order valence-electron chi connectivity index (χ3n) is 7.09. The molecule has 208 valence electrons. The maximum Gasteiger partial charge on any atom is 0.287 e. The summed E-state index contributed by atoms with van der Waals surface area (Å²) in [5, 5.41) is 29.1. The van der Waals surface area contributed by atoms with Crippen molar-refractivity contribution in [3.63, 3.8) is 0 Å². The van der Waals surface area contributed by atoms with Crippen molar-refractivity contribution in [3.8, 4) is 11.3 Å². The number of rotatable bonds is 11. The van der Waals surface area contributed by atoms with Crippen LogP contribution in [0.1, 0.15) is 59.8 Å². The van der Waals surface area contributed by atoms with E-state index < -0.39 is 0 Å². The lowest BCUT2D eigenvalue weighted by molar-refractivity contribution is 0.0642. The van der Waals surface area contributed by atoms with Gasteiger partial charge in [-0.3, -0.25) is 14.7 Å². The van der Waals surface area contributed by atoms with Crippen LogP contribution in [0, 0.1) is 6.92 Å². The van der Waals surface area contributed by atoms with E-state index in [1.165, 1.54) is 0 Å². The van der Waals surface area contributed by atoms with Crippen LogP contribution in [0.4, 0.5) is 17.2 Å². The van der Waals surface area contributed by atoms with E-state index in [2.05, 4.69) is 44.9 Å². The molecule has 2 aromatic heterocycles. The first-order chi connectivity index (χ1) is 19.2. The third kappa shape index (κ3) is 6.30. The fourth-order valence-corrected chi connectivity index (χ4v) is 4.45. The van der Waals surface area contributed by atoms with Gasteiger partial charge in [-0.15, -0.1) is 0 Å². The first kappa shape index (κ1) is 27.3. The molecule has 0 radical (unpaired) electrons. The van der Waals surface area contributed by atoms with Crippen LogP contribution in [-0.2, 0) is 10.2 Å². The number of aliphatic hydroxyl groups excluding tert-OH is 1. The van der Waals surface area contributed by atoms with Crippen LogP contribution in [0.2, 0.25) is 0 Å². The number of aromatic nitrogens is 4. The summed E-state index contributed by atoms with van der Waals surface area (Å²) >= 11 is 0. The molecule has 0 aliphatic heterocycles. The van der Waals surface area contributed by atoms with Crippen LogP contribution >= 0.6 is 0 Å². The van der Waals surface area contributed by atoms with Crippen molar-refractivity contribution >= 4 is 23.1 Å². The monoisotopic (exact) mass is 542 g/mol. The van der Waals surface area contributed by atoms with Crippen molar-refractivity contribution in [2.45, 2.75) is 44.9 Å². The molecule has 40 heavy (non-hydrogen) atoms. The Kier molecular flexibility index (Phi) is 7.81. The van der Waals surface area contributed by atoms with Crippen LogP contribution in [0.25, 0.3) is 11.3 Å². The summed E-state index contributed by atoms with van der Waals surface area (Å²) in [6.45, 7) is 6.77. The van der Waals surface area contributed by atoms with Gasteiger partial charge < -0.3 is 20.5 Å². The molecular formula is C30H34N6O4. The molecule has 0 unspecified atom stereocenters. The average Bonchev–Trinajstić information content (AvgIpc) is 3.69. The van der Waals surface area contributed by atoms with Crippen LogP contribution < -0.4 is 16.2 Å². The molecule has 5 N–H and O–H groups in total. The fraction of sp³-hybridized carbons (Fsp3) is 0.333. The number of nitrogens with zero attached hydrogens (tertiary/aromatic N) is 2. The molecule has 2 heterocycles. The molecule has 1 saturated carbocycles. The number of aryl methyl sites for hydroxylation is 1. The van der Waals surface area contributed by atoms with Gasteiger partial charge in [-0.1, -0.05) is 38.1 Å². The normalized spacial score (nSPS) is 13.3. The summed E-state index contributed by atoms with van der Waals surface area (Å²) in [7, 11) is 0. The second-order valence-electron chi connectivity index (χ2n) is 10.8. The van der Waals surface area contributed by atoms with E-state index in [4.69, 9.17) is 9.84 Å². The zero-order chi connectivity index (χ0) is 28.3. The van der Waals surface area contributed by atoms with Crippen LogP contribution in [0.15, 0.2) is 59.4 Å². The Bertz CT molecular complexity index is 1550. The number of carbonyl (C=O) groups excluding carboxylic acids is 1. The lowest BCUT2D eigenvalue weighted by atomic mass is 9.85. The lowest BCUT2D eigenvalue weighted by Gasteiger charge is -2.25. The minimum absolute atomic E-state index is 0.0156.